The molecule has 0 bridgehead atoms. The van der Waals surface area contributed by atoms with Crippen molar-refractivity contribution in [3.05, 3.63) is 67.3 Å². The van der Waals surface area contributed by atoms with Crippen LogP contribution in [0, 0.1) is 0 Å². The normalized spacial score (nSPS) is 15.6. The third kappa shape index (κ3) is 6.27. The predicted octanol–water partition coefficient (Wildman–Crippen LogP) is -0.563. The molecule has 0 heterocycles. The minimum atomic E-state index is -0.532. The van der Waals surface area contributed by atoms with E-state index in [9.17, 15) is 0 Å². The van der Waals surface area contributed by atoms with Crippen LogP contribution < -0.4 is 24.8 Å². The van der Waals surface area contributed by atoms with Crippen LogP contribution >= 0.6 is 0 Å². The molecule has 0 nitrogen and oxygen atoms in total. The van der Waals surface area contributed by atoms with Gasteiger partial charge in [-0.05, 0) is 0 Å². The molecular formula is C18H22Cl2Zr. The zero-order valence-electron chi connectivity index (χ0n) is 12.4. The van der Waals surface area contributed by atoms with Gasteiger partial charge in [0.15, 0.2) is 0 Å². The van der Waals surface area contributed by atoms with Crippen molar-refractivity contribution in [2.24, 2.45) is 0 Å². The maximum Gasteiger partial charge on any atom is -1.00 e. The zero-order valence-corrected chi connectivity index (χ0v) is 16.3. The molecular weight excluding hydrogens is 378 g/mol. The molecule has 0 saturated heterocycles. The number of rotatable bonds is 8. The summed E-state index contributed by atoms with van der Waals surface area (Å²) in [6.45, 7) is 7.67. The number of hydrogen-bond donors (Lipinski definition) is 0. The summed E-state index contributed by atoms with van der Waals surface area (Å²) in [5, 5.41) is 0. The second-order valence-electron chi connectivity index (χ2n) is 5.00. The van der Waals surface area contributed by atoms with Crippen molar-refractivity contribution in [1.29, 1.82) is 0 Å². The molecule has 0 spiro atoms. The molecule has 0 aliphatic heterocycles. The van der Waals surface area contributed by atoms with E-state index in [1.165, 1.54) is 25.7 Å². The van der Waals surface area contributed by atoms with Crippen LogP contribution in [-0.2, 0) is 23.2 Å². The summed E-state index contributed by atoms with van der Waals surface area (Å²) in [5.74, 6) is 0. The van der Waals surface area contributed by atoms with Crippen molar-refractivity contribution >= 4 is 0 Å². The molecule has 0 N–H and O–H groups in total. The fraction of sp³-hybridized carbons (Fsp3) is 0.333. The van der Waals surface area contributed by atoms with E-state index in [0.717, 1.165) is 12.8 Å². The Morgan fingerprint density at radius 2 is 1.29 bits per heavy atom. The van der Waals surface area contributed by atoms with Crippen molar-refractivity contribution in [2.45, 2.75) is 38.5 Å². The first-order valence-corrected chi connectivity index (χ1v) is 9.57. The molecule has 0 fully saturated rings. The molecule has 0 unspecified atom stereocenters. The third-order valence-electron chi connectivity index (χ3n) is 3.59. The van der Waals surface area contributed by atoms with Gasteiger partial charge in [-0.1, -0.05) is 0 Å². The van der Waals surface area contributed by atoms with Crippen molar-refractivity contribution in [1.82, 2.24) is 0 Å². The molecule has 112 valence electrons. The van der Waals surface area contributed by atoms with Crippen molar-refractivity contribution in [3.8, 4) is 0 Å². The van der Waals surface area contributed by atoms with Crippen LogP contribution in [0.1, 0.15) is 38.5 Å². The standard InChI is InChI=1S/2C9H11.2ClH.Zr/c2*1-2-3-6-9-7-4-5-8-9;;;/h2*2,4,7H,1,3,5-6H2;2*1H;/q;;;;+2/p-2. The van der Waals surface area contributed by atoms with Gasteiger partial charge in [0.2, 0.25) is 0 Å². The van der Waals surface area contributed by atoms with E-state index in [1.54, 1.807) is 17.7 Å². The van der Waals surface area contributed by atoms with Gasteiger partial charge in [0.1, 0.15) is 0 Å². The van der Waals surface area contributed by atoms with Crippen LogP contribution in [0.3, 0.4) is 0 Å². The molecule has 2 rings (SSSR count). The first-order valence-electron chi connectivity index (χ1n) is 7.11. The van der Waals surface area contributed by atoms with E-state index >= 15 is 0 Å². The quantitative estimate of drug-likeness (QED) is 0.479. The minimum absolute atomic E-state index is 0. The van der Waals surface area contributed by atoms with Crippen LogP contribution in [-0.4, -0.2) is 0 Å². The van der Waals surface area contributed by atoms with Gasteiger partial charge in [-0.25, -0.2) is 0 Å². The molecule has 2 aliphatic carbocycles. The summed E-state index contributed by atoms with van der Waals surface area (Å²) < 4.78 is 3.58. The summed E-state index contributed by atoms with van der Waals surface area (Å²) in [4.78, 5) is 0. The number of allylic oxidation sites excluding steroid dienone is 10. The number of hydrogen-bond acceptors (Lipinski definition) is 0. The Morgan fingerprint density at radius 1 is 0.857 bits per heavy atom. The van der Waals surface area contributed by atoms with Crippen molar-refractivity contribution < 1.29 is 48.0 Å². The van der Waals surface area contributed by atoms with E-state index in [2.05, 4.69) is 37.5 Å². The van der Waals surface area contributed by atoms with Gasteiger partial charge >= 0.3 is 129 Å². The maximum atomic E-state index is 3.83. The first kappa shape index (κ1) is 20.9. The molecule has 0 aromatic heterocycles. The topological polar surface area (TPSA) is 0 Å². The van der Waals surface area contributed by atoms with E-state index in [-0.39, 0.29) is 24.8 Å². The van der Waals surface area contributed by atoms with Gasteiger partial charge in [-0.15, -0.1) is 0 Å². The third-order valence-corrected chi connectivity index (χ3v) is 7.66. The van der Waals surface area contributed by atoms with Crippen LogP contribution in [0.2, 0.25) is 0 Å². The molecule has 3 heteroatoms. The summed E-state index contributed by atoms with van der Waals surface area (Å²) in [6.07, 6.45) is 20.5. The van der Waals surface area contributed by atoms with Crippen LogP contribution in [0.5, 0.6) is 0 Å². The summed E-state index contributed by atoms with van der Waals surface area (Å²) in [7, 11) is 0. The van der Waals surface area contributed by atoms with E-state index in [4.69, 9.17) is 0 Å². The smallest absolute Gasteiger partial charge is 1.00 e. The van der Waals surface area contributed by atoms with E-state index in [0.29, 0.717) is 0 Å². The average molecular weight is 401 g/mol. The Balaban J connectivity index is 0.00000200. The Hall–Kier alpha value is -0.0969. The predicted molar refractivity (Wildman–Crippen MR) is 80.4 cm³/mol. The zero-order chi connectivity index (χ0) is 13.5. The van der Waals surface area contributed by atoms with Gasteiger partial charge in [0.05, 0.1) is 0 Å². The van der Waals surface area contributed by atoms with Crippen molar-refractivity contribution in [3.63, 3.8) is 0 Å². The van der Waals surface area contributed by atoms with Gasteiger partial charge < -0.3 is 24.8 Å². The Morgan fingerprint density at radius 3 is 1.67 bits per heavy atom. The first-order chi connectivity index (χ1) is 9.35. The average Bonchev–Trinajstić information content (AvgIpc) is 3.04. The Kier molecular flexibility index (Phi) is 11.4. The Labute approximate surface area is 153 Å². The maximum absolute atomic E-state index is 3.83. The van der Waals surface area contributed by atoms with E-state index < -0.39 is 23.2 Å². The van der Waals surface area contributed by atoms with Crippen LogP contribution in [0.15, 0.2) is 67.3 Å². The summed E-state index contributed by atoms with van der Waals surface area (Å²) >= 11 is -0.532. The molecule has 21 heavy (non-hydrogen) atoms. The molecule has 0 saturated carbocycles. The summed E-state index contributed by atoms with van der Waals surface area (Å²) in [6, 6.07) is 0. The largest absolute Gasteiger partial charge is 1.00 e. The van der Waals surface area contributed by atoms with Gasteiger partial charge in [-0.2, -0.15) is 0 Å². The van der Waals surface area contributed by atoms with Gasteiger partial charge in [0, 0.05) is 0 Å². The summed E-state index contributed by atoms with van der Waals surface area (Å²) in [5.41, 5.74) is 3.24. The second-order valence-corrected chi connectivity index (χ2v) is 8.58. The molecule has 0 radical (unpaired) electrons. The fourth-order valence-corrected chi connectivity index (χ4v) is 6.32. The Bertz CT molecular complexity index is 437. The monoisotopic (exact) mass is 398 g/mol. The molecule has 0 aromatic carbocycles. The number of halogens is 2. The van der Waals surface area contributed by atoms with E-state index in [1.807, 2.05) is 12.2 Å². The molecule has 0 amide bonds. The SMILES string of the molecule is C=CCCC1=[C]([Zr+2][C]2=C(CCC=C)C=CC2)CC=C1.[Cl-].[Cl-]. The van der Waals surface area contributed by atoms with Gasteiger partial charge in [-0.3, -0.25) is 0 Å². The molecule has 0 aromatic rings. The molecule has 0 atom stereocenters. The van der Waals surface area contributed by atoms with Crippen LogP contribution in [0.25, 0.3) is 0 Å². The fourth-order valence-electron chi connectivity index (χ4n) is 2.53. The van der Waals surface area contributed by atoms with Crippen LogP contribution in [0.4, 0.5) is 0 Å². The minimum Gasteiger partial charge on any atom is -1.00 e. The second kappa shape index (κ2) is 11.5. The van der Waals surface area contributed by atoms with Crippen molar-refractivity contribution in [2.75, 3.05) is 0 Å². The molecule has 2 aliphatic rings. The van der Waals surface area contributed by atoms with Gasteiger partial charge in [0.25, 0.3) is 0 Å².